The molecule has 0 saturated carbocycles. The second-order valence-corrected chi connectivity index (χ2v) is 5.93. The predicted molar refractivity (Wildman–Crippen MR) is 81.8 cm³/mol. The zero-order valence-electron chi connectivity index (χ0n) is 14.2. The molecule has 0 aliphatic rings. The fourth-order valence-corrected chi connectivity index (χ4v) is 2.43. The van der Waals surface area contributed by atoms with E-state index >= 15 is 0 Å². The van der Waals surface area contributed by atoms with Gasteiger partial charge in [0.05, 0.1) is 11.1 Å². The van der Waals surface area contributed by atoms with Crippen LogP contribution in [0.25, 0.3) is 0 Å². The van der Waals surface area contributed by atoms with Gasteiger partial charge in [-0.1, -0.05) is 12.1 Å². The van der Waals surface area contributed by atoms with Gasteiger partial charge in [0.15, 0.2) is 0 Å². The van der Waals surface area contributed by atoms with Gasteiger partial charge in [0, 0.05) is 11.3 Å². The van der Waals surface area contributed by atoms with Crippen LogP contribution in [0.15, 0.2) is 42.5 Å². The van der Waals surface area contributed by atoms with Gasteiger partial charge in [-0.15, -0.1) is 0 Å². The molecule has 0 aliphatic carbocycles. The molecule has 0 saturated heterocycles. The maximum Gasteiger partial charge on any atom is 0.430 e. The van der Waals surface area contributed by atoms with Crippen LogP contribution < -0.4 is 5.32 Å². The summed E-state index contributed by atoms with van der Waals surface area (Å²) in [6.07, 6.45) is -17.4. The first-order valence-electron chi connectivity index (χ1n) is 7.63. The third-order valence-electron chi connectivity index (χ3n) is 3.91. The first-order chi connectivity index (χ1) is 13.5. The molecule has 2 aromatic carbocycles. The minimum Gasteiger partial charge on any atom is -0.369 e. The molecule has 0 aromatic heterocycles. The smallest absolute Gasteiger partial charge is 0.369 e. The zero-order chi connectivity index (χ0) is 23.1. The number of halogens is 10. The first kappa shape index (κ1) is 23.4. The van der Waals surface area contributed by atoms with Crippen molar-refractivity contribution < 1.29 is 53.8 Å². The zero-order valence-corrected chi connectivity index (χ0v) is 14.2. The first-order valence-corrected chi connectivity index (χ1v) is 7.63. The van der Waals surface area contributed by atoms with E-state index in [1.165, 1.54) is 0 Å². The minimum absolute atomic E-state index is 0.0464. The second kappa shape index (κ2) is 7.45. The monoisotopic (exact) mass is 449 g/mol. The van der Waals surface area contributed by atoms with Gasteiger partial charge in [-0.3, -0.25) is 4.79 Å². The van der Waals surface area contributed by atoms with E-state index in [0.717, 1.165) is 0 Å². The molecule has 0 heterocycles. The summed E-state index contributed by atoms with van der Waals surface area (Å²) >= 11 is 0. The molecule has 2 rings (SSSR count). The lowest BCUT2D eigenvalue weighted by Gasteiger charge is -2.32. The van der Waals surface area contributed by atoms with Gasteiger partial charge in [0.2, 0.25) is 0 Å². The highest BCUT2D eigenvalue weighted by molar-refractivity contribution is 6.05. The van der Waals surface area contributed by atoms with Crippen LogP contribution in [0, 0.1) is 5.82 Å². The van der Waals surface area contributed by atoms with Crippen LogP contribution in [-0.2, 0) is 11.8 Å². The highest BCUT2D eigenvalue weighted by Gasteiger charge is 2.71. The van der Waals surface area contributed by atoms with Gasteiger partial charge in [0.1, 0.15) is 5.82 Å². The molecule has 2 N–H and O–H groups in total. The van der Waals surface area contributed by atoms with E-state index in [0.29, 0.717) is 24.3 Å². The summed E-state index contributed by atoms with van der Waals surface area (Å²) in [5.74, 6) is -2.74. The summed E-state index contributed by atoms with van der Waals surface area (Å²) in [5, 5.41) is 11.1. The molecular formula is C17H9F10NO2. The Balaban J connectivity index is 2.37. The number of aliphatic hydroxyl groups is 1. The third-order valence-corrected chi connectivity index (χ3v) is 3.91. The summed E-state index contributed by atoms with van der Waals surface area (Å²) in [5.41, 5.74) is -9.98. The van der Waals surface area contributed by atoms with Crippen molar-refractivity contribution in [2.75, 3.05) is 5.32 Å². The lowest BCUT2D eigenvalue weighted by Crippen LogP contribution is -2.53. The Labute approximate surface area is 160 Å². The van der Waals surface area contributed by atoms with Crippen molar-refractivity contribution in [1.29, 1.82) is 0 Å². The molecule has 0 fully saturated rings. The molecule has 30 heavy (non-hydrogen) atoms. The standard InChI is InChI=1S/C17H9F10NO2/c18-9-3-6-11(12(7-9)15(19,20)21)13(29)28-10-4-1-8(2-5-10)14(30,16(22,23)24)17(25,26)27/h1-7,30H,(H,28,29). The van der Waals surface area contributed by atoms with E-state index < -0.39 is 58.2 Å². The molecule has 2 aromatic rings. The molecule has 0 aliphatic heterocycles. The number of alkyl halides is 9. The van der Waals surface area contributed by atoms with Crippen molar-refractivity contribution in [3.8, 4) is 0 Å². The number of benzene rings is 2. The maximum absolute atomic E-state index is 13.1. The number of carbonyl (C=O) groups is 1. The Hall–Kier alpha value is -2.83. The maximum atomic E-state index is 13.1. The van der Waals surface area contributed by atoms with Crippen molar-refractivity contribution in [2.24, 2.45) is 0 Å². The average Bonchev–Trinajstić information content (AvgIpc) is 2.58. The number of hydrogen-bond acceptors (Lipinski definition) is 2. The van der Waals surface area contributed by atoms with Crippen LogP contribution in [-0.4, -0.2) is 23.4 Å². The lowest BCUT2D eigenvalue weighted by atomic mass is 9.92. The van der Waals surface area contributed by atoms with Gasteiger partial charge < -0.3 is 10.4 Å². The number of anilines is 1. The van der Waals surface area contributed by atoms with Crippen molar-refractivity contribution >= 4 is 11.6 Å². The van der Waals surface area contributed by atoms with Crippen LogP contribution in [0.1, 0.15) is 21.5 Å². The highest BCUT2D eigenvalue weighted by atomic mass is 19.4. The van der Waals surface area contributed by atoms with Crippen LogP contribution in [0.5, 0.6) is 0 Å². The third kappa shape index (κ3) is 4.35. The van der Waals surface area contributed by atoms with Gasteiger partial charge in [-0.05, 0) is 30.3 Å². The molecule has 3 nitrogen and oxygen atoms in total. The molecule has 0 unspecified atom stereocenters. The predicted octanol–water partition coefficient (Wildman–Crippen LogP) is 5.41. The van der Waals surface area contributed by atoms with Crippen molar-refractivity contribution in [3.05, 3.63) is 65.0 Å². The molecule has 164 valence electrons. The van der Waals surface area contributed by atoms with Crippen LogP contribution >= 0.6 is 0 Å². The number of amides is 1. The summed E-state index contributed by atoms with van der Waals surface area (Å²) < 4.78 is 129. The molecule has 13 heteroatoms. The quantitative estimate of drug-likeness (QED) is 0.616. The second-order valence-electron chi connectivity index (χ2n) is 5.93. The molecule has 1 amide bonds. The van der Waals surface area contributed by atoms with E-state index in [9.17, 15) is 53.8 Å². The topological polar surface area (TPSA) is 49.3 Å². The van der Waals surface area contributed by atoms with Crippen molar-refractivity contribution in [3.63, 3.8) is 0 Å². The van der Waals surface area contributed by atoms with Crippen molar-refractivity contribution in [2.45, 2.75) is 24.1 Å². The van der Waals surface area contributed by atoms with Gasteiger partial charge in [-0.2, -0.15) is 39.5 Å². The van der Waals surface area contributed by atoms with Gasteiger partial charge in [-0.25, -0.2) is 4.39 Å². The Morgan fingerprint density at radius 3 is 1.73 bits per heavy atom. The van der Waals surface area contributed by atoms with E-state index in [1.807, 2.05) is 5.32 Å². The van der Waals surface area contributed by atoms with Crippen LogP contribution in [0.3, 0.4) is 0 Å². The number of rotatable bonds is 3. The molecular weight excluding hydrogens is 440 g/mol. The number of carbonyl (C=O) groups excluding carboxylic acids is 1. The normalized spacial score (nSPS) is 13.3. The summed E-state index contributed by atoms with van der Waals surface area (Å²) in [7, 11) is 0. The molecule has 0 spiro atoms. The largest absolute Gasteiger partial charge is 0.430 e. The van der Waals surface area contributed by atoms with Crippen molar-refractivity contribution in [1.82, 2.24) is 0 Å². The average molecular weight is 449 g/mol. The Morgan fingerprint density at radius 2 is 1.30 bits per heavy atom. The van der Waals surface area contributed by atoms with E-state index in [4.69, 9.17) is 0 Å². The fraction of sp³-hybridized carbons (Fsp3) is 0.235. The van der Waals surface area contributed by atoms with Gasteiger partial charge in [0.25, 0.3) is 11.5 Å². The Kier molecular flexibility index (Phi) is 5.82. The van der Waals surface area contributed by atoms with Crippen LogP contribution in [0.4, 0.5) is 49.6 Å². The van der Waals surface area contributed by atoms with Gasteiger partial charge >= 0.3 is 18.5 Å². The highest BCUT2D eigenvalue weighted by Crippen LogP contribution is 2.50. The molecule has 0 bridgehead atoms. The lowest BCUT2D eigenvalue weighted by molar-refractivity contribution is -0.376. The number of hydrogen-bond donors (Lipinski definition) is 2. The van der Waals surface area contributed by atoms with Crippen LogP contribution in [0.2, 0.25) is 0 Å². The summed E-state index contributed by atoms with van der Waals surface area (Å²) in [6.45, 7) is 0. The Bertz CT molecular complexity index is 916. The van der Waals surface area contributed by atoms with E-state index in [-0.39, 0.29) is 18.2 Å². The Morgan fingerprint density at radius 1 is 0.800 bits per heavy atom. The fourth-order valence-electron chi connectivity index (χ4n) is 2.43. The van der Waals surface area contributed by atoms with E-state index in [2.05, 4.69) is 0 Å². The summed E-state index contributed by atoms with van der Waals surface area (Å²) in [6, 6.07) is 2.55. The molecule has 0 radical (unpaired) electrons. The molecule has 0 atom stereocenters. The van der Waals surface area contributed by atoms with E-state index in [1.54, 1.807) is 0 Å². The number of nitrogens with one attached hydrogen (secondary N) is 1. The SMILES string of the molecule is O=C(Nc1ccc(C(O)(C(F)(F)F)C(F)(F)F)cc1)c1ccc(F)cc1C(F)(F)F. The minimum atomic E-state index is -6.13. The summed E-state index contributed by atoms with van der Waals surface area (Å²) in [4.78, 5) is 12.1.